The molecule has 0 atom stereocenters. The Morgan fingerprint density at radius 1 is 1.12 bits per heavy atom. The molecular formula is C23H27N9OS. The van der Waals surface area contributed by atoms with Gasteiger partial charge in [-0.2, -0.15) is 20.2 Å². The molecule has 1 saturated heterocycles. The maximum absolute atomic E-state index is 12.8. The normalized spacial score (nSPS) is 14.0. The number of amides is 1. The fourth-order valence-electron chi connectivity index (χ4n) is 3.76. The molecule has 0 aliphatic carbocycles. The van der Waals surface area contributed by atoms with E-state index < -0.39 is 0 Å². The predicted molar refractivity (Wildman–Crippen MR) is 133 cm³/mol. The first-order valence-corrected chi connectivity index (χ1v) is 11.9. The number of thiazole rings is 1. The van der Waals surface area contributed by atoms with Gasteiger partial charge in [0.05, 0.1) is 12.3 Å². The van der Waals surface area contributed by atoms with E-state index in [9.17, 15) is 4.79 Å². The number of hydrogen-bond donors (Lipinski definition) is 2. The van der Waals surface area contributed by atoms with Crippen LogP contribution in [0.3, 0.4) is 0 Å². The minimum atomic E-state index is -0.204. The summed E-state index contributed by atoms with van der Waals surface area (Å²) in [7, 11) is 0. The monoisotopic (exact) mass is 477 g/mol. The van der Waals surface area contributed by atoms with Crippen LogP contribution in [0, 0.1) is 32.1 Å². The van der Waals surface area contributed by atoms with Crippen LogP contribution in [0.1, 0.15) is 33.0 Å². The zero-order valence-corrected chi connectivity index (χ0v) is 20.3. The molecule has 1 amide bonds. The number of hydrogen-bond acceptors (Lipinski definition) is 10. The van der Waals surface area contributed by atoms with Gasteiger partial charge in [0.15, 0.2) is 5.13 Å². The number of anilines is 4. The lowest BCUT2D eigenvalue weighted by Gasteiger charge is -2.34. The summed E-state index contributed by atoms with van der Waals surface area (Å²) < 4.78 is 0. The number of rotatable bonds is 7. The van der Waals surface area contributed by atoms with Crippen molar-refractivity contribution < 1.29 is 4.79 Å². The van der Waals surface area contributed by atoms with Crippen LogP contribution in [-0.2, 0) is 0 Å². The summed E-state index contributed by atoms with van der Waals surface area (Å²) in [5.41, 5.74) is 2.84. The largest absolute Gasteiger partial charge is 0.338 e. The Labute approximate surface area is 202 Å². The molecule has 0 unspecified atom stereocenters. The fourth-order valence-corrected chi connectivity index (χ4v) is 4.47. The predicted octanol–water partition coefficient (Wildman–Crippen LogP) is 3.28. The summed E-state index contributed by atoms with van der Waals surface area (Å²) >= 11 is 1.24. The highest BCUT2D eigenvalue weighted by Gasteiger charge is 2.20. The fraction of sp³-hybridized carbons (Fsp3) is 0.391. The Morgan fingerprint density at radius 2 is 1.85 bits per heavy atom. The van der Waals surface area contributed by atoms with E-state index in [4.69, 9.17) is 5.26 Å². The summed E-state index contributed by atoms with van der Waals surface area (Å²) in [6, 6.07) is 8.10. The van der Waals surface area contributed by atoms with Crippen LogP contribution in [0.4, 0.5) is 22.7 Å². The van der Waals surface area contributed by atoms with Crippen LogP contribution in [0.2, 0.25) is 0 Å². The molecule has 0 radical (unpaired) electrons. The SMILES string of the molecule is Cc1nc(Nc2ncc(C(=O)Nc3c(C)cccc3C)s2)nc(N2CCN(CCC#N)CC2)n1. The maximum Gasteiger partial charge on any atom is 0.267 e. The Bertz CT molecular complexity index is 1190. The van der Waals surface area contributed by atoms with Gasteiger partial charge in [-0.25, -0.2) is 4.98 Å². The van der Waals surface area contributed by atoms with E-state index in [2.05, 4.69) is 46.4 Å². The highest BCUT2D eigenvalue weighted by Crippen LogP contribution is 2.25. The maximum atomic E-state index is 12.8. The van der Waals surface area contributed by atoms with Crippen molar-refractivity contribution in [3.8, 4) is 6.07 Å². The third-order valence-electron chi connectivity index (χ3n) is 5.60. The zero-order valence-electron chi connectivity index (χ0n) is 19.5. The van der Waals surface area contributed by atoms with Crippen LogP contribution in [-0.4, -0.2) is 63.5 Å². The molecule has 2 N–H and O–H groups in total. The van der Waals surface area contributed by atoms with Gasteiger partial charge in [-0.3, -0.25) is 15.0 Å². The van der Waals surface area contributed by atoms with Crippen molar-refractivity contribution in [2.75, 3.05) is 48.3 Å². The van der Waals surface area contributed by atoms with E-state index in [1.165, 1.54) is 11.3 Å². The highest BCUT2D eigenvalue weighted by atomic mass is 32.1. The number of carbonyl (C=O) groups excluding carboxylic acids is 1. The van der Waals surface area contributed by atoms with Gasteiger partial charge in [0, 0.05) is 44.8 Å². The molecule has 34 heavy (non-hydrogen) atoms. The van der Waals surface area contributed by atoms with Crippen LogP contribution in [0.25, 0.3) is 0 Å². The van der Waals surface area contributed by atoms with Gasteiger partial charge in [-0.1, -0.05) is 29.5 Å². The van der Waals surface area contributed by atoms with Crippen LogP contribution in [0.5, 0.6) is 0 Å². The number of aromatic nitrogens is 4. The molecular weight excluding hydrogens is 450 g/mol. The van der Waals surface area contributed by atoms with Gasteiger partial charge in [-0.05, 0) is 31.9 Å². The minimum Gasteiger partial charge on any atom is -0.338 e. The zero-order chi connectivity index (χ0) is 24.1. The summed E-state index contributed by atoms with van der Waals surface area (Å²) in [6.07, 6.45) is 2.09. The standard InChI is InChI=1S/C23H27N9OS/c1-15-6-4-7-16(2)19(15)28-20(33)18-14-25-23(34-18)30-21-26-17(3)27-22(29-21)32-12-10-31(11-13-32)9-5-8-24/h4,6-7,14H,5,9-13H2,1-3H3,(H,28,33)(H,25,26,27,29,30). The molecule has 1 aromatic carbocycles. The average molecular weight is 478 g/mol. The molecule has 176 valence electrons. The van der Waals surface area contributed by atoms with E-state index in [1.54, 1.807) is 6.20 Å². The molecule has 1 aliphatic rings. The molecule has 3 aromatic rings. The molecule has 4 rings (SSSR count). The van der Waals surface area contributed by atoms with Crippen molar-refractivity contribution in [1.29, 1.82) is 5.26 Å². The first-order valence-electron chi connectivity index (χ1n) is 11.1. The number of piperazine rings is 1. The molecule has 11 heteroatoms. The van der Waals surface area contributed by atoms with Crippen LogP contribution < -0.4 is 15.5 Å². The van der Waals surface area contributed by atoms with E-state index >= 15 is 0 Å². The van der Waals surface area contributed by atoms with Crippen molar-refractivity contribution in [1.82, 2.24) is 24.8 Å². The second kappa shape index (κ2) is 10.5. The topological polar surface area (TPSA) is 123 Å². The van der Waals surface area contributed by atoms with Gasteiger partial charge in [0.25, 0.3) is 5.91 Å². The molecule has 1 fully saturated rings. The van der Waals surface area contributed by atoms with Crippen molar-refractivity contribution in [3.05, 3.63) is 46.2 Å². The number of nitriles is 1. The molecule has 3 heterocycles. The summed E-state index contributed by atoms with van der Waals surface area (Å²) in [4.78, 5) is 35.4. The molecule has 1 aliphatic heterocycles. The first-order chi connectivity index (χ1) is 16.4. The first kappa shape index (κ1) is 23.5. The van der Waals surface area contributed by atoms with Gasteiger partial charge < -0.3 is 10.2 Å². The van der Waals surface area contributed by atoms with Crippen molar-refractivity contribution in [2.45, 2.75) is 27.2 Å². The lowest BCUT2D eigenvalue weighted by atomic mass is 10.1. The molecule has 0 saturated carbocycles. The number of benzene rings is 1. The quantitative estimate of drug-likeness (QED) is 0.527. The van der Waals surface area contributed by atoms with E-state index in [1.807, 2.05) is 39.0 Å². The second-order valence-corrected chi connectivity index (χ2v) is 9.15. The Morgan fingerprint density at radius 3 is 2.56 bits per heavy atom. The van der Waals surface area contributed by atoms with Crippen LogP contribution in [0.15, 0.2) is 24.4 Å². The number of nitrogens with zero attached hydrogens (tertiary/aromatic N) is 7. The Balaban J connectivity index is 1.41. The summed E-state index contributed by atoms with van der Waals surface area (Å²) in [5, 5.41) is 15.4. The average Bonchev–Trinajstić information content (AvgIpc) is 3.28. The summed E-state index contributed by atoms with van der Waals surface area (Å²) in [6.45, 7) is 9.84. The lowest BCUT2D eigenvalue weighted by Crippen LogP contribution is -2.47. The third-order valence-corrected chi connectivity index (χ3v) is 6.51. The van der Waals surface area contributed by atoms with Gasteiger partial charge in [0.2, 0.25) is 11.9 Å². The van der Waals surface area contributed by atoms with Gasteiger partial charge >= 0.3 is 0 Å². The molecule has 0 bridgehead atoms. The Hall–Kier alpha value is -3.62. The van der Waals surface area contributed by atoms with E-state index in [0.29, 0.717) is 34.2 Å². The minimum absolute atomic E-state index is 0.204. The van der Waals surface area contributed by atoms with Gasteiger partial charge in [0.1, 0.15) is 10.7 Å². The molecule has 0 spiro atoms. The summed E-state index contributed by atoms with van der Waals surface area (Å²) in [5.74, 6) is 1.40. The van der Waals surface area contributed by atoms with E-state index in [-0.39, 0.29) is 5.91 Å². The lowest BCUT2D eigenvalue weighted by molar-refractivity contribution is 0.103. The number of carbonyl (C=O) groups is 1. The van der Waals surface area contributed by atoms with Crippen molar-refractivity contribution in [2.24, 2.45) is 0 Å². The second-order valence-electron chi connectivity index (χ2n) is 8.12. The molecule has 2 aromatic heterocycles. The smallest absolute Gasteiger partial charge is 0.267 e. The number of para-hydroxylation sites is 1. The highest BCUT2D eigenvalue weighted by molar-refractivity contribution is 7.17. The van der Waals surface area contributed by atoms with Crippen molar-refractivity contribution in [3.63, 3.8) is 0 Å². The number of aryl methyl sites for hydroxylation is 3. The van der Waals surface area contributed by atoms with Gasteiger partial charge in [-0.15, -0.1) is 0 Å². The third kappa shape index (κ3) is 5.65. The number of nitrogens with one attached hydrogen (secondary N) is 2. The van der Waals surface area contributed by atoms with E-state index in [0.717, 1.165) is 49.5 Å². The van der Waals surface area contributed by atoms with Crippen molar-refractivity contribution >= 4 is 40.0 Å². The van der Waals surface area contributed by atoms with Crippen LogP contribution >= 0.6 is 11.3 Å². The Kier molecular flexibility index (Phi) is 7.30. The molecule has 10 nitrogen and oxygen atoms in total.